The SMILES string of the molecule is CCCn1nccc1CNc1ccc(C)c(Br)c1. The molecular formula is C14H18BrN3. The van der Waals surface area contributed by atoms with Crippen LogP contribution >= 0.6 is 15.9 Å². The second-order valence-corrected chi connectivity index (χ2v) is 5.22. The largest absolute Gasteiger partial charge is 0.379 e. The molecule has 0 spiro atoms. The molecule has 3 nitrogen and oxygen atoms in total. The van der Waals surface area contributed by atoms with E-state index in [0.717, 1.165) is 29.7 Å². The summed E-state index contributed by atoms with van der Waals surface area (Å²) in [4.78, 5) is 0. The number of anilines is 1. The van der Waals surface area contributed by atoms with E-state index in [2.05, 4.69) is 69.1 Å². The molecule has 0 unspecified atom stereocenters. The molecule has 18 heavy (non-hydrogen) atoms. The topological polar surface area (TPSA) is 29.9 Å². The molecule has 0 amide bonds. The lowest BCUT2D eigenvalue weighted by molar-refractivity contribution is 0.578. The van der Waals surface area contributed by atoms with Gasteiger partial charge >= 0.3 is 0 Å². The molecule has 1 aromatic carbocycles. The van der Waals surface area contributed by atoms with Gasteiger partial charge in [-0.3, -0.25) is 4.68 Å². The molecule has 0 aliphatic carbocycles. The molecule has 0 aliphatic rings. The van der Waals surface area contributed by atoms with E-state index in [0.29, 0.717) is 0 Å². The van der Waals surface area contributed by atoms with Crippen LogP contribution in [0.25, 0.3) is 0 Å². The van der Waals surface area contributed by atoms with Gasteiger partial charge in [-0.1, -0.05) is 28.9 Å². The number of aryl methyl sites for hydroxylation is 2. The Bertz CT molecular complexity index is 520. The number of nitrogens with one attached hydrogen (secondary N) is 1. The van der Waals surface area contributed by atoms with Crippen LogP contribution in [0.5, 0.6) is 0 Å². The molecule has 0 radical (unpaired) electrons. The molecule has 2 rings (SSSR count). The van der Waals surface area contributed by atoms with E-state index in [1.54, 1.807) is 0 Å². The van der Waals surface area contributed by atoms with Crippen molar-refractivity contribution < 1.29 is 0 Å². The summed E-state index contributed by atoms with van der Waals surface area (Å²) < 4.78 is 3.19. The van der Waals surface area contributed by atoms with Gasteiger partial charge in [0.1, 0.15) is 0 Å². The van der Waals surface area contributed by atoms with Crippen LogP contribution in [-0.2, 0) is 13.1 Å². The van der Waals surface area contributed by atoms with Crippen molar-refractivity contribution in [1.82, 2.24) is 9.78 Å². The van der Waals surface area contributed by atoms with Crippen molar-refractivity contribution >= 4 is 21.6 Å². The first-order valence-electron chi connectivity index (χ1n) is 6.21. The Labute approximate surface area is 116 Å². The van der Waals surface area contributed by atoms with Crippen molar-refractivity contribution in [1.29, 1.82) is 0 Å². The highest BCUT2D eigenvalue weighted by atomic mass is 79.9. The maximum atomic E-state index is 4.32. The van der Waals surface area contributed by atoms with Crippen molar-refractivity contribution in [2.45, 2.75) is 33.4 Å². The molecule has 2 aromatic rings. The third-order valence-corrected chi connectivity index (χ3v) is 3.74. The molecule has 0 saturated carbocycles. The number of rotatable bonds is 5. The van der Waals surface area contributed by atoms with E-state index in [4.69, 9.17) is 0 Å². The summed E-state index contributed by atoms with van der Waals surface area (Å²) in [5, 5.41) is 7.74. The molecular weight excluding hydrogens is 290 g/mol. The van der Waals surface area contributed by atoms with E-state index in [1.807, 2.05) is 6.20 Å². The van der Waals surface area contributed by atoms with Crippen LogP contribution < -0.4 is 5.32 Å². The lowest BCUT2D eigenvalue weighted by Gasteiger charge is -2.10. The Morgan fingerprint density at radius 3 is 2.89 bits per heavy atom. The van der Waals surface area contributed by atoms with Crippen molar-refractivity contribution in [2.24, 2.45) is 0 Å². The molecule has 1 aromatic heterocycles. The summed E-state index contributed by atoms with van der Waals surface area (Å²) in [6.07, 6.45) is 2.96. The van der Waals surface area contributed by atoms with Crippen LogP contribution in [0.3, 0.4) is 0 Å². The fourth-order valence-electron chi connectivity index (χ4n) is 1.82. The molecule has 0 aliphatic heterocycles. The van der Waals surface area contributed by atoms with E-state index < -0.39 is 0 Å². The van der Waals surface area contributed by atoms with Crippen LogP contribution in [0.4, 0.5) is 5.69 Å². The Hall–Kier alpha value is -1.29. The van der Waals surface area contributed by atoms with Crippen LogP contribution in [0.1, 0.15) is 24.6 Å². The number of hydrogen-bond acceptors (Lipinski definition) is 2. The van der Waals surface area contributed by atoms with Gasteiger partial charge in [-0.2, -0.15) is 5.10 Å². The van der Waals surface area contributed by atoms with Crippen molar-refractivity contribution in [3.63, 3.8) is 0 Å². The number of aromatic nitrogens is 2. The summed E-state index contributed by atoms with van der Waals surface area (Å²) in [5.41, 5.74) is 3.59. The predicted molar refractivity (Wildman–Crippen MR) is 78.7 cm³/mol. The number of nitrogens with zero attached hydrogens (tertiary/aromatic N) is 2. The van der Waals surface area contributed by atoms with E-state index in [1.165, 1.54) is 11.3 Å². The Balaban J connectivity index is 2.02. The standard InChI is InChI=1S/C14H18BrN3/c1-3-8-18-13(6-7-17-18)10-16-12-5-4-11(2)14(15)9-12/h4-7,9,16H,3,8,10H2,1-2H3. The first kappa shape index (κ1) is 13.1. The minimum absolute atomic E-state index is 0.801. The quantitative estimate of drug-likeness (QED) is 0.905. The van der Waals surface area contributed by atoms with E-state index in [-0.39, 0.29) is 0 Å². The van der Waals surface area contributed by atoms with Gasteiger partial charge in [0, 0.05) is 22.9 Å². The molecule has 0 saturated heterocycles. The molecule has 1 heterocycles. The highest BCUT2D eigenvalue weighted by Gasteiger charge is 2.02. The number of hydrogen-bond donors (Lipinski definition) is 1. The van der Waals surface area contributed by atoms with Crippen LogP contribution in [0, 0.1) is 6.92 Å². The summed E-state index contributed by atoms with van der Waals surface area (Å²) in [5.74, 6) is 0. The summed E-state index contributed by atoms with van der Waals surface area (Å²) in [7, 11) is 0. The highest BCUT2D eigenvalue weighted by molar-refractivity contribution is 9.10. The Kier molecular flexibility index (Phi) is 4.42. The zero-order valence-electron chi connectivity index (χ0n) is 10.8. The number of halogens is 1. The van der Waals surface area contributed by atoms with Crippen LogP contribution in [-0.4, -0.2) is 9.78 Å². The van der Waals surface area contributed by atoms with Crippen molar-refractivity contribution in [3.8, 4) is 0 Å². The van der Waals surface area contributed by atoms with Crippen molar-refractivity contribution in [3.05, 3.63) is 46.2 Å². The van der Waals surface area contributed by atoms with Gasteiger partial charge in [0.2, 0.25) is 0 Å². The minimum Gasteiger partial charge on any atom is -0.379 e. The van der Waals surface area contributed by atoms with E-state index >= 15 is 0 Å². The average Bonchev–Trinajstić information content (AvgIpc) is 2.79. The fourth-order valence-corrected chi connectivity index (χ4v) is 2.20. The summed E-state index contributed by atoms with van der Waals surface area (Å²) in [6.45, 7) is 6.03. The average molecular weight is 308 g/mol. The van der Waals surface area contributed by atoms with Gasteiger partial charge in [-0.25, -0.2) is 0 Å². The smallest absolute Gasteiger partial charge is 0.0575 e. The van der Waals surface area contributed by atoms with Crippen molar-refractivity contribution in [2.75, 3.05) is 5.32 Å². The lowest BCUT2D eigenvalue weighted by Crippen LogP contribution is -2.08. The third kappa shape index (κ3) is 3.13. The minimum atomic E-state index is 0.801. The van der Waals surface area contributed by atoms with Gasteiger partial charge in [0.15, 0.2) is 0 Å². The predicted octanol–water partition coefficient (Wildman–Crippen LogP) is 3.98. The Morgan fingerprint density at radius 2 is 2.17 bits per heavy atom. The van der Waals surface area contributed by atoms with Gasteiger partial charge < -0.3 is 5.32 Å². The maximum Gasteiger partial charge on any atom is 0.0575 e. The normalized spacial score (nSPS) is 10.6. The van der Waals surface area contributed by atoms with Gasteiger partial charge in [-0.05, 0) is 37.1 Å². The first-order valence-corrected chi connectivity index (χ1v) is 7.00. The zero-order chi connectivity index (χ0) is 13.0. The molecule has 4 heteroatoms. The molecule has 96 valence electrons. The van der Waals surface area contributed by atoms with Crippen LogP contribution in [0.15, 0.2) is 34.9 Å². The highest BCUT2D eigenvalue weighted by Crippen LogP contribution is 2.21. The maximum absolute atomic E-state index is 4.32. The lowest BCUT2D eigenvalue weighted by atomic mass is 10.2. The molecule has 0 fully saturated rings. The second-order valence-electron chi connectivity index (χ2n) is 4.36. The monoisotopic (exact) mass is 307 g/mol. The van der Waals surface area contributed by atoms with Crippen LogP contribution in [0.2, 0.25) is 0 Å². The van der Waals surface area contributed by atoms with Gasteiger partial charge in [0.05, 0.1) is 12.2 Å². The number of benzene rings is 1. The molecule has 0 bridgehead atoms. The second kappa shape index (κ2) is 6.05. The fraction of sp³-hybridized carbons (Fsp3) is 0.357. The first-order chi connectivity index (χ1) is 8.70. The van der Waals surface area contributed by atoms with E-state index in [9.17, 15) is 0 Å². The summed E-state index contributed by atoms with van der Waals surface area (Å²) in [6, 6.07) is 8.37. The van der Waals surface area contributed by atoms with Gasteiger partial charge in [-0.15, -0.1) is 0 Å². The van der Waals surface area contributed by atoms with Gasteiger partial charge in [0.25, 0.3) is 0 Å². The zero-order valence-corrected chi connectivity index (χ0v) is 12.4. The summed E-state index contributed by atoms with van der Waals surface area (Å²) >= 11 is 3.55. The molecule has 1 N–H and O–H groups in total. The Morgan fingerprint density at radius 1 is 1.33 bits per heavy atom. The third-order valence-electron chi connectivity index (χ3n) is 2.89. The molecule has 0 atom stereocenters.